The van der Waals surface area contributed by atoms with Crippen LogP contribution in [-0.2, 0) is 21.2 Å². The van der Waals surface area contributed by atoms with Gasteiger partial charge in [-0.15, -0.1) is 10.2 Å². The van der Waals surface area contributed by atoms with Crippen LogP contribution in [0.2, 0.25) is 0 Å². The fraction of sp³-hybridized carbons (Fsp3) is 0.207. The average molecular weight is 560 g/mol. The third kappa shape index (κ3) is 5.98. The maximum absolute atomic E-state index is 13.2. The number of nitrogens with zero attached hydrogens (tertiary/aromatic N) is 3. The molecule has 0 spiro atoms. The highest BCUT2D eigenvalue weighted by Gasteiger charge is 2.22. The molecule has 0 saturated carbocycles. The molecular weight excluding hydrogens is 530 g/mol. The van der Waals surface area contributed by atoms with Gasteiger partial charge in [0, 0.05) is 17.6 Å². The lowest BCUT2D eigenvalue weighted by Crippen LogP contribution is -2.26. The second-order valence-corrected chi connectivity index (χ2v) is 12.1. The molecule has 8 nitrogen and oxygen atoms in total. The highest BCUT2D eigenvalue weighted by molar-refractivity contribution is 8.00. The number of rotatable bonds is 10. The Bertz CT molecular complexity index is 1720. The Morgan fingerprint density at radius 2 is 1.69 bits per heavy atom. The molecule has 0 aliphatic carbocycles. The summed E-state index contributed by atoms with van der Waals surface area (Å²) in [5, 5.41) is 12.9. The van der Waals surface area contributed by atoms with Crippen LogP contribution in [0.4, 0.5) is 5.69 Å². The molecule has 3 aromatic carbocycles. The SMILES string of the molecule is CCC(Sc1nnc2cc(C)c3ccccc3n12)C(=O)Nc1ccc(S(=O)(=O)NCCc2ccccc2)cc1. The van der Waals surface area contributed by atoms with Crippen molar-refractivity contribution in [1.29, 1.82) is 0 Å². The minimum atomic E-state index is -3.66. The van der Waals surface area contributed by atoms with Crippen molar-refractivity contribution in [2.45, 2.75) is 42.0 Å². The number of para-hydroxylation sites is 1. The second kappa shape index (κ2) is 11.6. The Kier molecular flexibility index (Phi) is 7.97. The monoisotopic (exact) mass is 559 g/mol. The highest BCUT2D eigenvalue weighted by atomic mass is 32.2. The van der Waals surface area contributed by atoms with Crippen molar-refractivity contribution in [3.8, 4) is 0 Å². The van der Waals surface area contributed by atoms with Crippen LogP contribution in [0, 0.1) is 6.92 Å². The largest absolute Gasteiger partial charge is 0.325 e. The summed E-state index contributed by atoms with van der Waals surface area (Å²) < 4.78 is 30.0. The van der Waals surface area contributed by atoms with Crippen molar-refractivity contribution in [3.05, 3.63) is 96.1 Å². The van der Waals surface area contributed by atoms with Crippen LogP contribution >= 0.6 is 11.8 Å². The summed E-state index contributed by atoms with van der Waals surface area (Å²) in [6, 6.07) is 25.9. The number of aromatic nitrogens is 3. The third-order valence-corrected chi connectivity index (χ3v) is 9.25. The van der Waals surface area contributed by atoms with Gasteiger partial charge in [0.1, 0.15) is 0 Å². The molecule has 0 fully saturated rings. The Morgan fingerprint density at radius 3 is 2.44 bits per heavy atom. The fourth-order valence-electron chi connectivity index (χ4n) is 4.40. The molecule has 39 heavy (non-hydrogen) atoms. The van der Waals surface area contributed by atoms with Gasteiger partial charge in [0.05, 0.1) is 15.7 Å². The Morgan fingerprint density at radius 1 is 0.974 bits per heavy atom. The van der Waals surface area contributed by atoms with Gasteiger partial charge in [-0.2, -0.15) is 0 Å². The molecule has 0 aliphatic rings. The quantitative estimate of drug-likeness (QED) is 0.227. The van der Waals surface area contributed by atoms with Gasteiger partial charge < -0.3 is 5.32 Å². The van der Waals surface area contributed by atoms with Crippen LogP contribution in [0.25, 0.3) is 16.6 Å². The number of hydrogen-bond donors (Lipinski definition) is 2. The Labute approximate surface area is 231 Å². The third-order valence-electron chi connectivity index (χ3n) is 6.47. The second-order valence-electron chi connectivity index (χ2n) is 9.18. The van der Waals surface area contributed by atoms with Crippen LogP contribution in [0.5, 0.6) is 0 Å². The summed E-state index contributed by atoms with van der Waals surface area (Å²) in [7, 11) is -3.66. The van der Waals surface area contributed by atoms with Gasteiger partial charge in [0.25, 0.3) is 0 Å². The van der Waals surface area contributed by atoms with Crippen molar-refractivity contribution in [3.63, 3.8) is 0 Å². The molecule has 2 aromatic heterocycles. The first-order valence-electron chi connectivity index (χ1n) is 12.7. The van der Waals surface area contributed by atoms with Crippen molar-refractivity contribution >= 4 is 49.9 Å². The zero-order valence-electron chi connectivity index (χ0n) is 21.7. The smallest absolute Gasteiger partial charge is 0.240 e. The molecule has 5 rings (SSSR count). The van der Waals surface area contributed by atoms with E-state index in [1.165, 1.54) is 23.9 Å². The maximum Gasteiger partial charge on any atom is 0.240 e. The van der Waals surface area contributed by atoms with Crippen LogP contribution < -0.4 is 10.0 Å². The Balaban J connectivity index is 1.25. The first-order valence-corrected chi connectivity index (χ1v) is 15.1. The van der Waals surface area contributed by atoms with Crippen LogP contribution in [0.1, 0.15) is 24.5 Å². The number of carbonyl (C=O) groups excluding carboxylic acids is 1. The first-order chi connectivity index (χ1) is 18.9. The summed E-state index contributed by atoms with van der Waals surface area (Å²) in [5.74, 6) is -0.188. The number of benzene rings is 3. The number of sulfonamides is 1. The molecule has 1 amide bonds. The molecule has 0 saturated heterocycles. The molecule has 1 atom stereocenters. The first kappa shape index (κ1) is 26.9. The van der Waals surface area contributed by atoms with Crippen LogP contribution in [0.3, 0.4) is 0 Å². The number of pyridine rings is 1. The number of aryl methyl sites for hydroxylation is 1. The van der Waals surface area contributed by atoms with Gasteiger partial charge in [-0.1, -0.05) is 67.2 Å². The molecule has 0 radical (unpaired) electrons. The number of amides is 1. The molecular formula is C29H29N5O3S2. The number of thioether (sulfide) groups is 1. The van der Waals surface area contributed by atoms with Crippen LogP contribution in [0.15, 0.2) is 95.0 Å². The number of carbonyl (C=O) groups is 1. The van der Waals surface area contributed by atoms with E-state index in [0.29, 0.717) is 30.2 Å². The van der Waals surface area contributed by atoms with E-state index in [9.17, 15) is 13.2 Å². The zero-order valence-corrected chi connectivity index (χ0v) is 23.3. The summed E-state index contributed by atoms with van der Waals surface area (Å²) >= 11 is 1.36. The van der Waals surface area contributed by atoms with E-state index in [2.05, 4.69) is 26.3 Å². The highest BCUT2D eigenvalue weighted by Crippen LogP contribution is 2.29. The summed E-state index contributed by atoms with van der Waals surface area (Å²) in [4.78, 5) is 13.3. The van der Waals surface area contributed by atoms with E-state index in [1.807, 2.05) is 72.8 Å². The summed E-state index contributed by atoms with van der Waals surface area (Å²) in [6.45, 7) is 4.29. The van der Waals surface area contributed by atoms with Gasteiger partial charge in [0.2, 0.25) is 15.9 Å². The standard InChI is InChI=1S/C29H29N5O3S2/c1-3-26(38-29-33-32-27-19-20(2)24-11-7-8-12-25(24)34(27)29)28(35)31-22-13-15-23(16-14-22)39(36,37)30-18-17-21-9-5-4-6-10-21/h4-16,19,26,30H,3,17-18H2,1-2H3,(H,31,35). The van der Waals surface area contributed by atoms with Gasteiger partial charge in [0.15, 0.2) is 10.8 Å². The number of anilines is 1. The molecule has 2 heterocycles. The van der Waals surface area contributed by atoms with Crippen molar-refractivity contribution in [2.75, 3.05) is 11.9 Å². The van der Waals surface area contributed by atoms with Crippen molar-refractivity contribution < 1.29 is 13.2 Å². The predicted molar refractivity (Wildman–Crippen MR) is 156 cm³/mol. The van der Waals surface area contributed by atoms with E-state index in [1.54, 1.807) is 12.1 Å². The van der Waals surface area contributed by atoms with E-state index in [-0.39, 0.29) is 10.8 Å². The fourth-order valence-corrected chi connectivity index (χ4v) is 6.40. The minimum Gasteiger partial charge on any atom is -0.325 e. The number of hydrogen-bond acceptors (Lipinski definition) is 6. The summed E-state index contributed by atoms with van der Waals surface area (Å²) in [5.41, 5.74) is 4.42. The predicted octanol–water partition coefficient (Wildman–Crippen LogP) is 5.22. The van der Waals surface area contributed by atoms with Gasteiger partial charge >= 0.3 is 0 Å². The number of nitrogens with one attached hydrogen (secondary N) is 2. The lowest BCUT2D eigenvalue weighted by atomic mass is 10.1. The average Bonchev–Trinajstić information content (AvgIpc) is 3.35. The Hall–Kier alpha value is -3.73. The van der Waals surface area contributed by atoms with Crippen molar-refractivity contribution in [1.82, 2.24) is 19.3 Å². The van der Waals surface area contributed by atoms with Gasteiger partial charge in [-0.3, -0.25) is 9.20 Å². The lowest BCUT2D eigenvalue weighted by Gasteiger charge is -2.15. The normalized spacial score (nSPS) is 12.6. The molecule has 5 aromatic rings. The topological polar surface area (TPSA) is 105 Å². The van der Waals surface area contributed by atoms with Crippen LogP contribution in [-0.4, -0.2) is 40.7 Å². The maximum atomic E-state index is 13.2. The lowest BCUT2D eigenvalue weighted by molar-refractivity contribution is -0.115. The molecule has 200 valence electrons. The molecule has 10 heteroatoms. The molecule has 0 aliphatic heterocycles. The van der Waals surface area contributed by atoms with E-state index < -0.39 is 15.3 Å². The summed E-state index contributed by atoms with van der Waals surface area (Å²) in [6.07, 6.45) is 1.17. The number of fused-ring (bicyclic) bond motifs is 3. The van der Waals surface area contributed by atoms with Gasteiger partial charge in [-0.05, 0) is 67.3 Å². The van der Waals surface area contributed by atoms with E-state index in [4.69, 9.17) is 0 Å². The van der Waals surface area contributed by atoms with Gasteiger partial charge in [-0.25, -0.2) is 13.1 Å². The minimum absolute atomic E-state index is 0.145. The molecule has 0 bridgehead atoms. The molecule has 1 unspecified atom stereocenters. The van der Waals surface area contributed by atoms with Crippen molar-refractivity contribution in [2.24, 2.45) is 0 Å². The van der Waals surface area contributed by atoms with E-state index >= 15 is 0 Å². The van der Waals surface area contributed by atoms with E-state index in [0.717, 1.165) is 27.7 Å². The molecule has 2 N–H and O–H groups in total. The zero-order chi connectivity index (χ0) is 27.4.